The second kappa shape index (κ2) is 8.62. The number of rotatable bonds is 5. The van der Waals surface area contributed by atoms with Gasteiger partial charge >= 0.3 is 0 Å². The van der Waals surface area contributed by atoms with Crippen molar-refractivity contribution in [1.29, 1.82) is 0 Å². The van der Waals surface area contributed by atoms with Gasteiger partial charge < -0.3 is 0 Å². The maximum absolute atomic E-state index is 14.2. The van der Waals surface area contributed by atoms with Crippen LogP contribution < -0.4 is 4.31 Å². The summed E-state index contributed by atoms with van der Waals surface area (Å²) < 4.78 is 70.5. The Kier molecular flexibility index (Phi) is 6.03. The van der Waals surface area contributed by atoms with Crippen LogP contribution in [0.25, 0.3) is 0 Å². The van der Waals surface area contributed by atoms with Gasteiger partial charge in [0.05, 0.1) is 10.6 Å². The predicted octanol–water partition coefficient (Wildman–Crippen LogP) is 5.86. The van der Waals surface area contributed by atoms with E-state index in [0.717, 1.165) is 17.2 Å². The number of anilines is 1. The molecule has 0 aliphatic carbocycles. The van der Waals surface area contributed by atoms with E-state index in [-0.39, 0.29) is 11.3 Å². The Hall–Kier alpha value is -2.80. The van der Waals surface area contributed by atoms with E-state index in [0.29, 0.717) is 36.1 Å². The summed E-state index contributed by atoms with van der Waals surface area (Å²) in [5.74, 6) is -1.83. The Morgan fingerprint density at radius 3 is 2.38 bits per heavy atom. The maximum atomic E-state index is 14.2. The van der Waals surface area contributed by atoms with Gasteiger partial charge in [-0.15, -0.1) is 0 Å². The third kappa shape index (κ3) is 4.26. The molecule has 0 spiro atoms. The van der Waals surface area contributed by atoms with Crippen LogP contribution in [0, 0.1) is 31.3 Å². The lowest BCUT2D eigenvalue weighted by Gasteiger charge is -2.38. The SMILES string of the molecule is Cc1ccc(S(=O)(=O)N2c3cc(F)ccc3CCC2CCc2ccc(F)cc2F)c(C)c1. The second-order valence-corrected chi connectivity index (χ2v) is 10.1. The van der Waals surface area contributed by atoms with Crippen LogP contribution >= 0.6 is 0 Å². The molecule has 0 fully saturated rings. The first kappa shape index (κ1) is 22.4. The van der Waals surface area contributed by atoms with Crippen molar-refractivity contribution >= 4 is 15.7 Å². The molecule has 1 unspecified atom stereocenters. The minimum Gasteiger partial charge on any atom is -0.263 e. The molecule has 1 atom stereocenters. The molecule has 32 heavy (non-hydrogen) atoms. The van der Waals surface area contributed by atoms with Gasteiger partial charge in [0.25, 0.3) is 10.0 Å². The minimum atomic E-state index is -4.00. The fourth-order valence-electron chi connectivity index (χ4n) is 4.42. The first-order chi connectivity index (χ1) is 15.2. The average Bonchev–Trinajstić information content (AvgIpc) is 2.72. The third-order valence-electron chi connectivity index (χ3n) is 5.99. The molecule has 0 bridgehead atoms. The molecule has 0 saturated heterocycles. The van der Waals surface area contributed by atoms with Crippen molar-refractivity contribution in [2.24, 2.45) is 0 Å². The molecule has 4 rings (SSSR count). The highest BCUT2D eigenvalue weighted by atomic mass is 32.2. The van der Waals surface area contributed by atoms with Gasteiger partial charge in [-0.3, -0.25) is 4.31 Å². The average molecular weight is 460 g/mol. The van der Waals surface area contributed by atoms with Gasteiger partial charge in [-0.1, -0.05) is 29.8 Å². The van der Waals surface area contributed by atoms with Gasteiger partial charge in [-0.05, 0) is 80.5 Å². The highest BCUT2D eigenvalue weighted by Gasteiger charge is 2.37. The van der Waals surface area contributed by atoms with Gasteiger partial charge in [0.1, 0.15) is 17.5 Å². The van der Waals surface area contributed by atoms with Crippen LogP contribution in [0.2, 0.25) is 0 Å². The summed E-state index contributed by atoms with van der Waals surface area (Å²) in [5.41, 5.74) is 2.94. The van der Waals surface area contributed by atoms with Crippen molar-refractivity contribution in [1.82, 2.24) is 0 Å². The molecule has 1 aliphatic rings. The van der Waals surface area contributed by atoms with E-state index in [2.05, 4.69) is 0 Å². The zero-order valence-electron chi connectivity index (χ0n) is 17.9. The zero-order chi connectivity index (χ0) is 23.0. The lowest BCUT2D eigenvalue weighted by Crippen LogP contribution is -2.44. The molecule has 3 nitrogen and oxygen atoms in total. The molecule has 0 aromatic heterocycles. The number of hydrogen-bond acceptors (Lipinski definition) is 2. The van der Waals surface area contributed by atoms with E-state index in [1.807, 2.05) is 6.92 Å². The smallest absolute Gasteiger partial charge is 0.263 e. The van der Waals surface area contributed by atoms with Crippen LogP contribution in [0.3, 0.4) is 0 Å². The van der Waals surface area contributed by atoms with E-state index in [1.54, 1.807) is 31.2 Å². The fourth-order valence-corrected chi connectivity index (χ4v) is 6.37. The Bertz CT molecular complexity index is 1270. The Balaban J connectivity index is 1.75. The molecule has 0 N–H and O–H groups in total. The number of benzene rings is 3. The lowest BCUT2D eigenvalue weighted by atomic mass is 9.94. The summed E-state index contributed by atoms with van der Waals surface area (Å²) in [7, 11) is -4.00. The summed E-state index contributed by atoms with van der Waals surface area (Å²) in [4.78, 5) is 0.165. The molecule has 3 aromatic carbocycles. The first-order valence-electron chi connectivity index (χ1n) is 10.5. The Labute approximate surface area is 186 Å². The summed E-state index contributed by atoms with van der Waals surface area (Å²) >= 11 is 0. The highest BCUT2D eigenvalue weighted by molar-refractivity contribution is 7.93. The number of hydrogen-bond donors (Lipinski definition) is 0. The van der Waals surface area contributed by atoms with Crippen LogP contribution in [0.4, 0.5) is 18.9 Å². The number of fused-ring (bicyclic) bond motifs is 1. The minimum absolute atomic E-state index is 0.165. The van der Waals surface area contributed by atoms with Crippen molar-refractivity contribution < 1.29 is 21.6 Å². The lowest BCUT2D eigenvalue weighted by molar-refractivity contribution is 0.513. The van der Waals surface area contributed by atoms with Gasteiger partial charge in [0.15, 0.2) is 0 Å². The van der Waals surface area contributed by atoms with Crippen LogP contribution in [-0.4, -0.2) is 14.5 Å². The van der Waals surface area contributed by atoms with Gasteiger partial charge in [0, 0.05) is 12.1 Å². The van der Waals surface area contributed by atoms with Crippen LogP contribution in [0.15, 0.2) is 59.5 Å². The highest BCUT2D eigenvalue weighted by Crippen LogP contribution is 2.38. The number of sulfonamides is 1. The summed E-state index contributed by atoms with van der Waals surface area (Å²) in [6.07, 6.45) is 1.67. The van der Waals surface area contributed by atoms with Crippen molar-refractivity contribution in [3.63, 3.8) is 0 Å². The fraction of sp³-hybridized carbons (Fsp3) is 0.280. The van der Waals surface area contributed by atoms with Crippen LogP contribution in [-0.2, 0) is 22.9 Å². The molecular formula is C25H24F3NO2S. The number of aryl methyl sites for hydroxylation is 4. The van der Waals surface area contributed by atoms with E-state index in [1.165, 1.54) is 28.6 Å². The molecule has 1 aliphatic heterocycles. The third-order valence-corrected chi connectivity index (χ3v) is 8.02. The Morgan fingerprint density at radius 1 is 0.938 bits per heavy atom. The molecule has 0 saturated carbocycles. The predicted molar refractivity (Wildman–Crippen MR) is 119 cm³/mol. The van der Waals surface area contributed by atoms with Crippen molar-refractivity contribution in [2.75, 3.05) is 4.31 Å². The molecule has 0 radical (unpaired) electrons. The number of halogens is 3. The van der Waals surface area contributed by atoms with Gasteiger partial charge in [-0.2, -0.15) is 0 Å². The van der Waals surface area contributed by atoms with Crippen molar-refractivity contribution in [3.8, 4) is 0 Å². The molecule has 168 valence electrons. The molecule has 7 heteroatoms. The van der Waals surface area contributed by atoms with E-state index in [9.17, 15) is 21.6 Å². The van der Waals surface area contributed by atoms with Gasteiger partial charge in [-0.25, -0.2) is 21.6 Å². The van der Waals surface area contributed by atoms with Gasteiger partial charge in [0.2, 0.25) is 0 Å². The number of nitrogens with zero attached hydrogens (tertiary/aromatic N) is 1. The summed E-state index contributed by atoms with van der Waals surface area (Å²) in [6.45, 7) is 3.62. The van der Waals surface area contributed by atoms with E-state index in [4.69, 9.17) is 0 Å². The van der Waals surface area contributed by atoms with Crippen molar-refractivity contribution in [3.05, 3.63) is 94.3 Å². The maximum Gasteiger partial charge on any atom is 0.264 e. The normalized spacial score (nSPS) is 16.2. The van der Waals surface area contributed by atoms with E-state index < -0.39 is 33.5 Å². The quantitative estimate of drug-likeness (QED) is 0.479. The monoisotopic (exact) mass is 459 g/mol. The molecular weight excluding hydrogens is 435 g/mol. The Morgan fingerprint density at radius 2 is 1.66 bits per heavy atom. The summed E-state index contributed by atoms with van der Waals surface area (Å²) in [6, 6.07) is 12.2. The van der Waals surface area contributed by atoms with E-state index >= 15 is 0 Å². The molecule has 3 aromatic rings. The topological polar surface area (TPSA) is 37.4 Å². The van der Waals surface area contributed by atoms with Crippen LogP contribution in [0.1, 0.15) is 35.1 Å². The summed E-state index contributed by atoms with van der Waals surface area (Å²) in [5, 5.41) is 0. The second-order valence-electron chi connectivity index (χ2n) is 8.31. The largest absolute Gasteiger partial charge is 0.264 e. The molecule has 1 heterocycles. The first-order valence-corrected chi connectivity index (χ1v) is 11.9. The standard InChI is InChI=1S/C25H24F3NO2S/c1-16-3-12-25(17(2)13-16)32(30,31)29-22(10-6-18-4-8-20(26)14-23(18)28)11-7-19-5-9-21(27)15-24(19)29/h3-5,8-9,12-15,22H,6-7,10-11H2,1-2H3. The van der Waals surface area contributed by atoms with Crippen molar-refractivity contribution in [2.45, 2.75) is 50.5 Å². The zero-order valence-corrected chi connectivity index (χ0v) is 18.7. The van der Waals surface area contributed by atoms with Crippen LogP contribution in [0.5, 0.6) is 0 Å². The molecule has 0 amide bonds.